The van der Waals surface area contributed by atoms with Crippen molar-refractivity contribution in [2.24, 2.45) is 0 Å². The first-order chi connectivity index (χ1) is 12.6. The summed E-state index contributed by atoms with van der Waals surface area (Å²) in [5, 5.41) is 3.04. The summed E-state index contributed by atoms with van der Waals surface area (Å²) in [6.45, 7) is 3.68. The summed E-state index contributed by atoms with van der Waals surface area (Å²) < 4.78 is 18.4. The van der Waals surface area contributed by atoms with Crippen LogP contribution in [0.25, 0.3) is 0 Å². The second kappa shape index (κ2) is 8.19. The second-order valence-corrected chi connectivity index (χ2v) is 6.36. The van der Waals surface area contributed by atoms with Crippen molar-refractivity contribution in [1.82, 2.24) is 9.80 Å². The first-order valence-electron chi connectivity index (χ1n) is 8.72. The van der Waals surface area contributed by atoms with Crippen LogP contribution in [0.2, 0.25) is 0 Å². The second-order valence-electron chi connectivity index (χ2n) is 6.36. The molecule has 0 spiro atoms. The Labute approximate surface area is 153 Å². The van der Waals surface area contributed by atoms with Crippen molar-refractivity contribution in [1.29, 1.82) is 0 Å². The van der Waals surface area contributed by atoms with Crippen LogP contribution in [-0.2, 0) is 6.54 Å². The first-order valence-corrected chi connectivity index (χ1v) is 8.72. The summed E-state index contributed by atoms with van der Waals surface area (Å²) in [7, 11) is 3.41. The molecule has 0 bridgehead atoms. The van der Waals surface area contributed by atoms with Gasteiger partial charge in [0.2, 0.25) is 0 Å². The molecule has 0 radical (unpaired) electrons. The molecule has 0 aromatic heterocycles. The quantitative estimate of drug-likeness (QED) is 0.894. The van der Waals surface area contributed by atoms with Crippen molar-refractivity contribution >= 4 is 11.6 Å². The monoisotopic (exact) mass is 357 g/mol. The number of halogens is 1. The van der Waals surface area contributed by atoms with E-state index in [-0.39, 0.29) is 11.7 Å². The average molecular weight is 357 g/mol. The van der Waals surface area contributed by atoms with Crippen LogP contribution in [0.3, 0.4) is 0 Å². The maximum Gasteiger partial charge on any atom is 0.257 e. The van der Waals surface area contributed by atoms with Gasteiger partial charge in [0.25, 0.3) is 5.91 Å². The molecule has 5 nitrogen and oxygen atoms in total. The maximum atomic E-state index is 13.0. The Morgan fingerprint density at radius 3 is 2.42 bits per heavy atom. The fraction of sp³-hybridized carbons (Fsp3) is 0.350. The first kappa shape index (κ1) is 18.2. The van der Waals surface area contributed by atoms with Crippen molar-refractivity contribution in [3.63, 3.8) is 0 Å². The zero-order valence-electron chi connectivity index (χ0n) is 15.2. The van der Waals surface area contributed by atoms with E-state index in [1.807, 2.05) is 24.1 Å². The van der Waals surface area contributed by atoms with E-state index in [2.05, 4.69) is 10.2 Å². The number of carbonyl (C=O) groups is 1. The number of hydrogen-bond acceptors (Lipinski definition) is 4. The van der Waals surface area contributed by atoms with E-state index in [0.29, 0.717) is 24.4 Å². The molecule has 1 heterocycles. The predicted molar refractivity (Wildman–Crippen MR) is 100 cm³/mol. The lowest BCUT2D eigenvalue weighted by molar-refractivity contribution is 0.0625. The minimum absolute atomic E-state index is 0.00839. The molecule has 0 atom stereocenters. The Balaban J connectivity index is 1.60. The number of methoxy groups -OCH3 is 1. The maximum absolute atomic E-state index is 13.0. The van der Waals surface area contributed by atoms with Gasteiger partial charge in [-0.1, -0.05) is 12.1 Å². The Hall–Kier alpha value is -2.60. The van der Waals surface area contributed by atoms with E-state index in [1.54, 1.807) is 25.3 Å². The minimum Gasteiger partial charge on any atom is -0.496 e. The number of amides is 1. The third kappa shape index (κ3) is 4.14. The van der Waals surface area contributed by atoms with Crippen LogP contribution in [0, 0.1) is 5.82 Å². The van der Waals surface area contributed by atoms with Gasteiger partial charge in [-0.2, -0.15) is 0 Å². The summed E-state index contributed by atoms with van der Waals surface area (Å²) in [6, 6.07) is 12.1. The molecule has 1 N–H and O–H groups in total. The lowest BCUT2D eigenvalue weighted by Crippen LogP contribution is -2.48. The molecule has 138 valence electrons. The molecule has 0 saturated carbocycles. The molecule has 1 saturated heterocycles. The van der Waals surface area contributed by atoms with Crippen LogP contribution >= 0.6 is 0 Å². The van der Waals surface area contributed by atoms with Crippen molar-refractivity contribution in [2.75, 3.05) is 45.7 Å². The Morgan fingerprint density at radius 1 is 1.12 bits per heavy atom. The number of anilines is 1. The van der Waals surface area contributed by atoms with E-state index in [9.17, 15) is 9.18 Å². The Bertz CT molecular complexity index is 756. The highest BCUT2D eigenvalue weighted by atomic mass is 19.1. The smallest absolute Gasteiger partial charge is 0.257 e. The molecule has 1 amide bonds. The zero-order chi connectivity index (χ0) is 18.5. The van der Waals surface area contributed by atoms with Crippen LogP contribution in [-0.4, -0.2) is 56.0 Å². The van der Waals surface area contributed by atoms with Gasteiger partial charge in [0.05, 0.1) is 12.7 Å². The molecule has 1 aliphatic rings. The standard InChI is InChI=1S/C20H24FN3O2/c1-22-17-7-8-18(19(13-17)26-2)20(25)24-11-9-23(10-12-24)14-15-3-5-16(21)6-4-15/h3-8,13,22H,9-12,14H2,1-2H3. The minimum atomic E-state index is -0.220. The number of nitrogens with one attached hydrogen (secondary N) is 1. The molecule has 1 aliphatic heterocycles. The van der Waals surface area contributed by atoms with Gasteiger partial charge in [-0.05, 0) is 29.8 Å². The molecule has 2 aromatic carbocycles. The van der Waals surface area contributed by atoms with Gasteiger partial charge in [0.1, 0.15) is 11.6 Å². The number of benzene rings is 2. The predicted octanol–water partition coefficient (Wildman–Crippen LogP) is 2.83. The molecule has 6 heteroatoms. The Morgan fingerprint density at radius 2 is 1.81 bits per heavy atom. The fourth-order valence-electron chi connectivity index (χ4n) is 3.15. The van der Waals surface area contributed by atoms with Crippen LogP contribution in [0.4, 0.5) is 10.1 Å². The Kier molecular flexibility index (Phi) is 5.73. The normalized spacial score (nSPS) is 15.0. The third-order valence-corrected chi connectivity index (χ3v) is 4.70. The van der Waals surface area contributed by atoms with E-state index in [0.717, 1.165) is 30.9 Å². The number of piperazine rings is 1. The van der Waals surface area contributed by atoms with E-state index < -0.39 is 0 Å². The number of nitrogens with zero attached hydrogens (tertiary/aromatic N) is 2. The van der Waals surface area contributed by atoms with Gasteiger partial charge in [0, 0.05) is 51.5 Å². The van der Waals surface area contributed by atoms with Gasteiger partial charge in [-0.25, -0.2) is 4.39 Å². The van der Waals surface area contributed by atoms with Gasteiger partial charge < -0.3 is 15.0 Å². The van der Waals surface area contributed by atoms with Gasteiger partial charge >= 0.3 is 0 Å². The molecular weight excluding hydrogens is 333 g/mol. The van der Waals surface area contributed by atoms with Crippen LogP contribution in [0.1, 0.15) is 15.9 Å². The van der Waals surface area contributed by atoms with E-state index in [4.69, 9.17) is 4.74 Å². The highest BCUT2D eigenvalue weighted by Crippen LogP contribution is 2.25. The average Bonchev–Trinajstić information content (AvgIpc) is 2.69. The number of rotatable bonds is 5. The van der Waals surface area contributed by atoms with Gasteiger partial charge in [0.15, 0.2) is 0 Å². The van der Waals surface area contributed by atoms with E-state index >= 15 is 0 Å². The summed E-state index contributed by atoms with van der Waals surface area (Å²) in [5.74, 6) is 0.351. The zero-order valence-corrected chi connectivity index (χ0v) is 15.2. The topological polar surface area (TPSA) is 44.8 Å². The third-order valence-electron chi connectivity index (χ3n) is 4.70. The summed E-state index contributed by atoms with van der Waals surface area (Å²) in [4.78, 5) is 17.0. The van der Waals surface area contributed by atoms with Crippen LogP contribution < -0.4 is 10.1 Å². The van der Waals surface area contributed by atoms with Crippen molar-refractivity contribution in [2.45, 2.75) is 6.54 Å². The number of hydrogen-bond donors (Lipinski definition) is 1. The number of carbonyl (C=O) groups excluding carboxylic acids is 1. The van der Waals surface area contributed by atoms with Gasteiger partial charge in [-0.15, -0.1) is 0 Å². The molecule has 1 fully saturated rings. The molecular formula is C20H24FN3O2. The number of ether oxygens (including phenoxy) is 1. The highest BCUT2D eigenvalue weighted by molar-refractivity contribution is 5.97. The van der Waals surface area contributed by atoms with E-state index in [1.165, 1.54) is 12.1 Å². The van der Waals surface area contributed by atoms with Crippen LogP contribution in [0.15, 0.2) is 42.5 Å². The van der Waals surface area contributed by atoms with Gasteiger partial charge in [-0.3, -0.25) is 9.69 Å². The summed E-state index contributed by atoms with van der Waals surface area (Å²) in [5.41, 5.74) is 2.57. The summed E-state index contributed by atoms with van der Waals surface area (Å²) in [6.07, 6.45) is 0. The molecule has 0 aliphatic carbocycles. The van der Waals surface area contributed by atoms with Crippen molar-refractivity contribution < 1.29 is 13.9 Å². The lowest BCUT2D eigenvalue weighted by Gasteiger charge is -2.35. The molecule has 0 unspecified atom stereocenters. The molecule has 26 heavy (non-hydrogen) atoms. The SMILES string of the molecule is CNc1ccc(C(=O)N2CCN(Cc3ccc(F)cc3)CC2)c(OC)c1. The van der Waals surface area contributed by atoms with Crippen molar-refractivity contribution in [3.8, 4) is 5.75 Å². The molecule has 3 rings (SSSR count). The largest absolute Gasteiger partial charge is 0.496 e. The highest BCUT2D eigenvalue weighted by Gasteiger charge is 2.24. The molecule has 2 aromatic rings. The fourth-order valence-corrected chi connectivity index (χ4v) is 3.15. The van der Waals surface area contributed by atoms with Crippen molar-refractivity contribution in [3.05, 3.63) is 59.4 Å². The van der Waals surface area contributed by atoms with Crippen LogP contribution in [0.5, 0.6) is 5.75 Å². The summed E-state index contributed by atoms with van der Waals surface area (Å²) >= 11 is 0. The lowest BCUT2D eigenvalue weighted by atomic mass is 10.1.